The molecule has 110 valence electrons. The number of halogens is 1. The molecular formula is C17H19ClN2O. The van der Waals surface area contributed by atoms with Crippen LogP contribution in [-0.4, -0.2) is 12.5 Å². The summed E-state index contributed by atoms with van der Waals surface area (Å²) in [7, 11) is 0. The summed E-state index contributed by atoms with van der Waals surface area (Å²) in [4.78, 5) is 11.9. The van der Waals surface area contributed by atoms with E-state index in [4.69, 9.17) is 11.6 Å². The average molecular weight is 303 g/mol. The summed E-state index contributed by atoms with van der Waals surface area (Å²) in [5.74, 6) is -0.0346. The van der Waals surface area contributed by atoms with Crippen LogP contribution in [0.15, 0.2) is 42.5 Å². The molecule has 21 heavy (non-hydrogen) atoms. The van der Waals surface area contributed by atoms with Gasteiger partial charge in [-0.05, 0) is 48.7 Å². The van der Waals surface area contributed by atoms with E-state index in [2.05, 4.69) is 10.6 Å². The molecule has 3 nitrogen and oxygen atoms in total. The molecule has 2 N–H and O–H groups in total. The molecule has 0 aliphatic carbocycles. The Kier molecular flexibility index (Phi) is 5.23. The lowest BCUT2D eigenvalue weighted by Crippen LogP contribution is -2.29. The van der Waals surface area contributed by atoms with Gasteiger partial charge in [-0.15, -0.1) is 0 Å². The molecule has 2 rings (SSSR count). The number of benzene rings is 2. The molecule has 4 heteroatoms. The second kappa shape index (κ2) is 7.14. The second-order valence-electron chi connectivity index (χ2n) is 5.02. The number of carbonyl (C=O) groups is 1. The van der Waals surface area contributed by atoms with Crippen LogP contribution in [-0.2, 0) is 11.3 Å². The fraction of sp³-hybridized carbons (Fsp3) is 0.235. The zero-order chi connectivity index (χ0) is 15.2. The van der Waals surface area contributed by atoms with Crippen molar-refractivity contribution in [2.45, 2.75) is 20.4 Å². The Morgan fingerprint density at radius 3 is 2.57 bits per heavy atom. The largest absolute Gasteiger partial charge is 0.376 e. The molecule has 2 aromatic rings. The monoisotopic (exact) mass is 302 g/mol. The van der Waals surface area contributed by atoms with Crippen LogP contribution >= 0.6 is 11.6 Å². The van der Waals surface area contributed by atoms with Gasteiger partial charge in [-0.2, -0.15) is 0 Å². The maximum absolute atomic E-state index is 11.9. The molecule has 1 amide bonds. The lowest BCUT2D eigenvalue weighted by Gasteiger charge is -2.11. The van der Waals surface area contributed by atoms with Crippen molar-refractivity contribution in [3.8, 4) is 0 Å². The number of hydrogen-bond donors (Lipinski definition) is 2. The van der Waals surface area contributed by atoms with Crippen molar-refractivity contribution in [1.29, 1.82) is 0 Å². The van der Waals surface area contributed by atoms with Gasteiger partial charge in [-0.3, -0.25) is 4.79 Å². The van der Waals surface area contributed by atoms with Crippen LogP contribution < -0.4 is 10.6 Å². The first-order valence-electron chi connectivity index (χ1n) is 6.87. The van der Waals surface area contributed by atoms with Crippen LogP contribution in [0.5, 0.6) is 0 Å². The van der Waals surface area contributed by atoms with Crippen molar-refractivity contribution >= 4 is 23.2 Å². The Morgan fingerprint density at radius 2 is 1.86 bits per heavy atom. The van der Waals surface area contributed by atoms with Crippen LogP contribution in [0.25, 0.3) is 0 Å². The lowest BCUT2D eigenvalue weighted by atomic mass is 10.1. The van der Waals surface area contributed by atoms with Gasteiger partial charge in [0.05, 0.1) is 6.54 Å². The molecule has 0 aliphatic heterocycles. The second-order valence-corrected chi connectivity index (χ2v) is 5.45. The van der Waals surface area contributed by atoms with E-state index < -0.39 is 0 Å². The smallest absolute Gasteiger partial charge is 0.239 e. The number of anilines is 1. The number of nitrogens with one attached hydrogen (secondary N) is 2. The molecule has 0 aliphatic rings. The summed E-state index contributed by atoms with van der Waals surface area (Å²) >= 11 is 5.90. The summed E-state index contributed by atoms with van der Waals surface area (Å²) in [6, 6.07) is 13.6. The molecular weight excluding hydrogens is 284 g/mol. The third-order valence-electron chi connectivity index (χ3n) is 3.37. The molecule has 0 atom stereocenters. The van der Waals surface area contributed by atoms with Crippen molar-refractivity contribution in [2.24, 2.45) is 0 Å². The van der Waals surface area contributed by atoms with Gasteiger partial charge in [0.25, 0.3) is 0 Å². The zero-order valence-electron chi connectivity index (χ0n) is 12.2. The Balaban J connectivity index is 1.84. The van der Waals surface area contributed by atoms with Crippen LogP contribution in [0.4, 0.5) is 5.69 Å². The number of amides is 1. The highest BCUT2D eigenvalue weighted by Gasteiger charge is 2.04. The van der Waals surface area contributed by atoms with Crippen LogP contribution in [0.3, 0.4) is 0 Å². The highest BCUT2D eigenvalue weighted by Crippen LogP contribution is 2.19. The van der Waals surface area contributed by atoms with Crippen molar-refractivity contribution in [3.05, 3.63) is 64.2 Å². The van der Waals surface area contributed by atoms with Crippen molar-refractivity contribution in [1.82, 2.24) is 5.32 Å². The van der Waals surface area contributed by atoms with Crippen LogP contribution in [0.2, 0.25) is 5.02 Å². The number of carbonyl (C=O) groups excluding carboxylic acids is 1. The predicted molar refractivity (Wildman–Crippen MR) is 87.7 cm³/mol. The van der Waals surface area contributed by atoms with Gasteiger partial charge in [-0.25, -0.2) is 0 Å². The first kappa shape index (κ1) is 15.4. The molecule has 0 radical (unpaired) electrons. The molecule has 0 heterocycles. The van der Waals surface area contributed by atoms with Gasteiger partial charge >= 0.3 is 0 Å². The Hall–Kier alpha value is -2.00. The van der Waals surface area contributed by atoms with Crippen molar-refractivity contribution in [2.75, 3.05) is 11.9 Å². The summed E-state index contributed by atoms with van der Waals surface area (Å²) < 4.78 is 0. The van der Waals surface area contributed by atoms with Crippen molar-refractivity contribution < 1.29 is 4.79 Å². The first-order valence-corrected chi connectivity index (χ1v) is 7.25. The molecule has 2 aromatic carbocycles. The number of aryl methyl sites for hydroxylation is 2. The first-order chi connectivity index (χ1) is 10.1. The van der Waals surface area contributed by atoms with E-state index in [9.17, 15) is 4.79 Å². The van der Waals surface area contributed by atoms with Gasteiger partial charge in [0.1, 0.15) is 0 Å². The molecule has 0 unspecified atom stereocenters. The van der Waals surface area contributed by atoms with E-state index >= 15 is 0 Å². The maximum Gasteiger partial charge on any atom is 0.239 e. The SMILES string of the molecule is Cc1ccccc1CNC(=O)CNc1ccc(Cl)cc1C. The van der Waals surface area contributed by atoms with Crippen molar-refractivity contribution in [3.63, 3.8) is 0 Å². The number of rotatable bonds is 5. The van der Waals surface area contributed by atoms with E-state index in [-0.39, 0.29) is 12.5 Å². The third-order valence-corrected chi connectivity index (χ3v) is 3.60. The molecule has 0 aromatic heterocycles. The molecule has 0 bridgehead atoms. The van der Waals surface area contributed by atoms with E-state index in [1.807, 2.05) is 56.3 Å². The normalized spacial score (nSPS) is 10.2. The predicted octanol–water partition coefficient (Wildman–Crippen LogP) is 3.69. The fourth-order valence-electron chi connectivity index (χ4n) is 2.07. The topological polar surface area (TPSA) is 41.1 Å². The van der Waals surface area contributed by atoms with E-state index in [1.54, 1.807) is 0 Å². The third kappa shape index (κ3) is 4.50. The van der Waals surface area contributed by atoms with Gasteiger partial charge in [-0.1, -0.05) is 35.9 Å². The number of hydrogen-bond acceptors (Lipinski definition) is 2. The Morgan fingerprint density at radius 1 is 1.10 bits per heavy atom. The molecule has 0 fully saturated rings. The lowest BCUT2D eigenvalue weighted by molar-refractivity contribution is -0.119. The van der Waals surface area contributed by atoms with Gasteiger partial charge in [0, 0.05) is 17.3 Å². The quantitative estimate of drug-likeness (QED) is 0.884. The van der Waals surface area contributed by atoms with E-state index in [0.29, 0.717) is 11.6 Å². The summed E-state index contributed by atoms with van der Waals surface area (Å²) in [5.41, 5.74) is 4.26. The molecule has 0 saturated carbocycles. The zero-order valence-corrected chi connectivity index (χ0v) is 13.0. The standard InChI is InChI=1S/C17H19ClN2O/c1-12-5-3-4-6-14(12)10-20-17(21)11-19-16-8-7-15(18)9-13(16)2/h3-9,19H,10-11H2,1-2H3,(H,20,21). The maximum atomic E-state index is 11.9. The van der Waals surface area contributed by atoms with E-state index in [1.165, 1.54) is 5.56 Å². The minimum atomic E-state index is -0.0346. The highest BCUT2D eigenvalue weighted by molar-refractivity contribution is 6.30. The van der Waals surface area contributed by atoms with Gasteiger partial charge in [0.2, 0.25) is 5.91 Å². The van der Waals surface area contributed by atoms with Crippen LogP contribution in [0.1, 0.15) is 16.7 Å². The Labute approximate surface area is 130 Å². The van der Waals surface area contributed by atoms with Gasteiger partial charge < -0.3 is 10.6 Å². The van der Waals surface area contributed by atoms with E-state index in [0.717, 1.165) is 16.8 Å². The Bertz CT molecular complexity index is 640. The highest BCUT2D eigenvalue weighted by atomic mass is 35.5. The van der Waals surface area contributed by atoms with Crippen LogP contribution in [0, 0.1) is 13.8 Å². The summed E-state index contributed by atoms with van der Waals surface area (Å²) in [6.45, 7) is 4.79. The minimum absolute atomic E-state index is 0.0346. The molecule has 0 saturated heterocycles. The molecule has 0 spiro atoms. The minimum Gasteiger partial charge on any atom is -0.376 e. The summed E-state index contributed by atoms with van der Waals surface area (Å²) in [6.07, 6.45) is 0. The average Bonchev–Trinajstić information content (AvgIpc) is 2.45. The fourth-order valence-corrected chi connectivity index (χ4v) is 2.29. The van der Waals surface area contributed by atoms with Gasteiger partial charge in [0.15, 0.2) is 0 Å². The summed E-state index contributed by atoms with van der Waals surface area (Å²) in [5, 5.41) is 6.73.